The molecule has 118 valence electrons. The number of halogens is 1. The molecule has 0 saturated carbocycles. The molecule has 0 spiro atoms. The SMILES string of the molecule is O=C(NCC1CN(c2ccc(Cl)cc2)C(=O)O1)c1ccncc1. The van der Waals surface area contributed by atoms with Crippen molar-refractivity contribution >= 4 is 29.3 Å². The van der Waals surface area contributed by atoms with E-state index in [1.165, 1.54) is 4.90 Å². The molecular formula is C16H14ClN3O3. The van der Waals surface area contributed by atoms with Crippen molar-refractivity contribution < 1.29 is 14.3 Å². The van der Waals surface area contributed by atoms with Gasteiger partial charge in [-0.2, -0.15) is 0 Å². The molecule has 2 aromatic rings. The van der Waals surface area contributed by atoms with Gasteiger partial charge in [-0.25, -0.2) is 4.79 Å². The Morgan fingerprint density at radius 2 is 1.96 bits per heavy atom. The molecule has 1 unspecified atom stereocenters. The van der Waals surface area contributed by atoms with E-state index in [0.717, 1.165) is 0 Å². The fourth-order valence-electron chi connectivity index (χ4n) is 2.27. The zero-order valence-electron chi connectivity index (χ0n) is 12.1. The summed E-state index contributed by atoms with van der Waals surface area (Å²) >= 11 is 5.84. The highest BCUT2D eigenvalue weighted by Gasteiger charge is 2.32. The van der Waals surface area contributed by atoms with Crippen LogP contribution in [0, 0.1) is 0 Å². The van der Waals surface area contributed by atoms with Gasteiger partial charge in [0, 0.05) is 28.7 Å². The van der Waals surface area contributed by atoms with Crippen molar-refractivity contribution in [1.29, 1.82) is 0 Å². The van der Waals surface area contributed by atoms with Crippen molar-refractivity contribution in [1.82, 2.24) is 10.3 Å². The lowest BCUT2D eigenvalue weighted by Gasteiger charge is -2.13. The molecule has 1 N–H and O–H groups in total. The molecule has 2 heterocycles. The Bertz CT molecular complexity index is 706. The number of pyridine rings is 1. The lowest BCUT2D eigenvalue weighted by Crippen LogP contribution is -2.34. The number of ether oxygens (including phenoxy) is 1. The minimum Gasteiger partial charge on any atom is -0.442 e. The van der Waals surface area contributed by atoms with Gasteiger partial charge in [-0.1, -0.05) is 11.6 Å². The van der Waals surface area contributed by atoms with Crippen LogP contribution in [0.15, 0.2) is 48.8 Å². The largest absolute Gasteiger partial charge is 0.442 e. The van der Waals surface area contributed by atoms with Crippen molar-refractivity contribution in [2.45, 2.75) is 6.10 Å². The minimum atomic E-state index is -0.435. The number of nitrogens with one attached hydrogen (secondary N) is 1. The van der Waals surface area contributed by atoms with Crippen LogP contribution in [0.5, 0.6) is 0 Å². The summed E-state index contributed by atoms with van der Waals surface area (Å²) in [6.07, 6.45) is 2.26. The molecule has 1 aliphatic heterocycles. The maximum Gasteiger partial charge on any atom is 0.414 e. The van der Waals surface area contributed by atoms with E-state index in [1.807, 2.05) is 0 Å². The Kier molecular flexibility index (Phi) is 4.43. The summed E-state index contributed by atoms with van der Waals surface area (Å²) < 4.78 is 5.27. The first kappa shape index (κ1) is 15.3. The van der Waals surface area contributed by atoms with Gasteiger partial charge in [0.2, 0.25) is 0 Å². The molecule has 0 bridgehead atoms. The fraction of sp³-hybridized carbons (Fsp3) is 0.188. The molecule has 3 rings (SSSR count). The summed E-state index contributed by atoms with van der Waals surface area (Å²) in [6.45, 7) is 0.619. The number of carbonyl (C=O) groups excluding carboxylic acids is 2. The molecule has 1 aromatic carbocycles. The van der Waals surface area contributed by atoms with E-state index >= 15 is 0 Å². The molecule has 6 nitrogen and oxygen atoms in total. The van der Waals surface area contributed by atoms with Gasteiger partial charge in [-0.15, -0.1) is 0 Å². The predicted octanol–water partition coefficient (Wildman–Crippen LogP) is 2.49. The van der Waals surface area contributed by atoms with E-state index in [0.29, 0.717) is 22.8 Å². The smallest absolute Gasteiger partial charge is 0.414 e. The topological polar surface area (TPSA) is 71.5 Å². The molecular weight excluding hydrogens is 318 g/mol. The monoisotopic (exact) mass is 331 g/mol. The normalized spacial score (nSPS) is 17.0. The third-order valence-electron chi connectivity index (χ3n) is 3.45. The number of benzene rings is 1. The second-order valence-electron chi connectivity index (χ2n) is 5.04. The Labute approximate surface area is 138 Å². The van der Waals surface area contributed by atoms with Gasteiger partial charge in [-0.3, -0.25) is 14.7 Å². The summed E-state index contributed by atoms with van der Waals surface area (Å²) in [4.78, 5) is 29.3. The number of carbonyl (C=O) groups is 2. The predicted molar refractivity (Wildman–Crippen MR) is 85.6 cm³/mol. The van der Waals surface area contributed by atoms with Crippen molar-refractivity contribution in [2.24, 2.45) is 0 Å². The Morgan fingerprint density at radius 1 is 1.26 bits per heavy atom. The first-order valence-corrected chi connectivity index (χ1v) is 7.43. The number of hydrogen-bond donors (Lipinski definition) is 1. The van der Waals surface area contributed by atoms with Crippen molar-refractivity contribution in [3.63, 3.8) is 0 Å². The summed E-state index contributed by atoms with van der Waals surface area (Å²) in [7, 11) is 0. The lowest BCUT2D eigenvalue weighted by molar-refractivity contribution is 0.0916. The van der Waals surface area contributed by atoms with Gasteiger partial charge < -0.3 is 10.1 Å². The average Bonchev–Trinajstić information content (AvgIpc) is 2.95. The number of rotatable bonds is 4. The number of aromatic nitrogens is 1. The maximum absolute atomic E-state index is 12.0. The van der Waals surface area contributed by atoms with Crippen LogP contribution in [0.25, 0.3) is 0 Å². The first-order valence-electron chi connectivity index (χ1n) is 7.05. The van der Waals surface area contributed by atoms with Crippen LogP contribution in [0.1, 0.15) is 10.4 Å². The molecule has 23 heavy (non-hydrogen) atoms. The Hall–Kier alpha value is -2.60. The lowest BCUT2D eigenvalue weighted by atomic mass is 10.2. The number of amides is 2. The quantitative estimate of drug-likeness (QED) is 0.934. The highest BCUT2D eigenvalue weighted by Crippen LogP contribution is 2.23. The molecule has 1 aliphatic rings. The summed E-state index contributed by atoms with van der Waals surface area (Å²) in [5.74, 6) is -0.228. The number of cyclic esters (lactones) is 1. The minimum absolute atomic E-state index is 0.228. The summed E-state index contributed by atoms with van der Waals surface area (Å²) in [5, 5.41) is 3.35. The van der Waals surface area contributed by atoms with Gasteiger partial charge in [-0.05, 0) is 36.4 Å². The van der Waals surface area contributed by atoms with Crippen LogP contribution in [0.2, 0.25) is 5.02 Å². The number of nitrogens with zero attached hydrogens (tertiary/aromatic N) is 2. The summed E-state index contributed by atoms with van der Waals surface area (Å²) in [6, 6.07) is 10.2. The molecule has 1 aromatic heterocycles. The van der Waals surface area contributed by atoms with Gasteiger partial charge >= 0.3 is 6.09 Å². The molecule has 1 saturated heterocycles. The average molecular weight is 332 g/mol. The molecule has 1 fully saturated rings. The van der Waals surface area contributed by atoms with Gasteiger partial charge in [0.05, 0.1) is 13.1 Å². The molecule has 2 amide bonds. The zero-order chi connectivity index (χ0) is 16.2. The van der Waals surface area contributed by atoms with Crippen LogP contribution in [-0.4, -0.2) is 36.2 Å². The van der Waals surface area contributed by atoms with Crippen LogP contribution < -0.4 is 10.2 Å². The second-order valence-corrected chi connectivity index (χ2v) is 5.48. The van der Waals surface area contributed by atoms with E-state index in [2.05, 4.69) is 10.3 Å². The summed E-state index contributed by atoms with van der Waals surface area (Å²) in [5.41, 5.74) is 1.22. The fourth-order valence-corrected chi connectivity index (χ4v) is 2.40. The van der Waals surface area contributed by atoms with Crippen molar-refractivity contribution in [3.8, 4) is 0 Å². The Morgan fingerprint density at radius 3 is 2.65 bits per heavy atom. The number of hydrogen-bond acceptors (Lipinski definition) is 4. The van der Waals surface area contributed by atoms with Crippen LogP contribution in [0.3, 0.4) is 0 Å². The van der Waals surface area contributed by atoms with E-state index in [9.17, 15) is 9.59 Å². The molecule has 7 heteroatoms. The molecule has 0 aliphatic carbocycles. The highest BCUT2D eigenvalue weighted by molar-refractivity contribution is 6.30. The van der Waals surface area contributed by atoms with E-state index in [4.69, 9.17) is 16.3 Å². The van der Waals surface area contributed by atoms with E-state index in [1.54, 1.807) is 48.8 Å². The first-order chi connectivity index (χ1) is 11.1. The third kappa shape index (κ3) is 3.60. The van der Waals surface area contributed by atoms with Gasteiger partial charge in [0.25, 0.3) is 5.91 Å². The van der Waals surface area contributed by atoms with Crippen LogP contribution in [-0.2, 0) is 4.74 Å². The van der Waals surface area contributed by atoms with Crippen molar-refractivity contribution in [2.75, 3.05) is 18.0 Å². The highest BCUT2D eigenvalue weighted by atomic mass is 35.5. The van der Waals surface area contributed by atoms with E-state index < -0.39 is 12.2 Å². The Balaban J connectivity index is 1.58. The van der Waals surface area contributed by atoms with Crippen LogP contribution >= 0.6 is 11.6 Å². The molecule has 1 atom stereocenters. The van der Waals surface area contributed by atoms with Crippen molar-refractivity contribution in [3.05, 3.63) is 59.4 Å². The van der Waals surface area contributed by atoms with E-state index in [-0.39, 0.29) is 12.5 Å². The number of anilines is 1. The maximum atomic E-state index is 12.0. The molecule has 0 radical (unpaired) electrons. The third-order valence-corrected chi connectivity index (χ3v) is 3.70. The second kappa shape index (κ2) is 6.66. The van der Waals surface area contributed by atoms with Gasteiger partial charge in [0.1, 0.15) is 6.10 Å². The van der Waals surface area contributed by atoms with Crippen LogP contribution in [0.4, 0.5) is 10.5 Å². The standard InChI is InChI=1S/C16H14ClN3O3/c17-12-1-3-13(4-2-12)20-10-14(23-16(20)22)9-19-15(21)11-5-7-18-8-6-11/h1-8,14H,9-10H2,(H,19,21). The van der Waals surface area contributed by atoms with Gasteiger partial charge in [0.15, 0.2) is 0 Å². The zero-order valence-corrected chi connectivity index (χ0v) is 12.9.